The summed E-state index contributed by atoms with van der Waals surface area (Å²) in [5, 5.41) is 12.1. The molecule has 0 spiro atoms. The van der Waals surface area contributed by atoms with Gasteiger partial charge in [-0.25, -0.2) is 4.98 Å². The lowest BCUT2D eigenvalue weighted by atomic mass is 10.2. The highest BCUT2D eigenvalue weighted by atomic mass is 32.2. The molecule has 5 rings (SSSR count). The van der Waals surface area contributed by atoms with E-state index in [1.54, 1.807) is 34.9 Å². The van der Waals surface area contributed by atoms with Crippen LogP contribution in [0, 0.1) is 0 Å². The van der Waals surface area contributed by atoms with Gasteiger partial charge in [0, 0.05) is 31.6 Å². The molecule has 0 saturated carbocycles. The third-order valence-electron chi connectivity index (χ3n) is 5.57. The van der Waals surface area contributed by atoms with E-state index in [1.807, 2.05) is 31.2 Å². The van der Waals surface area contributed by atoms with E-state index >= 15 is 0 Å². The number of carbonyl (C=O) groups is 2. The van der Waals surface area contributed by atoms with Crippen molar-refractivity contribution in [1.82, 2.24) is 20.1 Å². The van der Waals surface area contributed by atoms with Gasteiger partial charge in [-0.3, -0.25) is 14.9 Å². The molecule has 1 aliphatic rings. The van der Waals surface area contributed by atoms with Crippen molar-refractivity contribution in [3.05, 3.63) is 54.5 Å². The smallest absolute Gasteiger partial charge is 0.289 e. The van der Waals surface area contributed by atoms with Crippen LogP contribution >= 0.6 is 23.1 Å². The average molecular weight is 525 g/mol. The fourth-order valence-corrected chi connectivity index (χ4v) is 5.50. The van der Waals surface area contributed by atoms with E-state index in [0.717, 1.165) is 21.3 Å². The average Bonchev–Trinajstić information content (AvgIpc) is 3.60. The summed E-state index contributed by atoms with van der Waals surface area (Å²) in [5.41, 5.74) is 0.675. The molecular formula is C24H24N6O4S2. The van der Waals surface area contributed by atoms with Gasteiger partial charge in [0.2, 0.25) is 5.13 Å². The number of hydrogen-bond acceptors (Lipinski definition) is 10. The van der Waals surface area contributed by atoms with E-state index in [0.29, 0.717) is 48.3 Å². The van der Waals surface area contributed by atoms with Crippen LogP contribution in [0.4, 0.5) is 10.9 Å². The Hall–Kier alpha value is -3.64. The Bertz CT molecular complexity index is 1350. The van der Waals surface area contributed by atoms with E-state index in [9.17, 15) is 9.59 Å². The van der Waals surface area contributed by atoms with E-state index in [2.05, 4.69) is 20.4 Å². The maximum atomic E-state index is 12.5. The van der Waals surface area contributed by atoms with Crippen LogP contribution in [-0.2, 0) is 4.79 Å². The van der Waals surface area contributed by atoms with E-state index < -0.39 is 0 Å². The van der Waals surface area contributed by atoms with Gasteiger partial charge in [-0.05, 0) is 36.1 Å². The van der Waals surface area contributed by atoms with E-state index in [4.69, 9.17) is 14.1 Å². The lowest BCUT2D eigenvalue weighted by molar-refractivity contribution is -0.118. The number of nitrogens with zero attached hydrogens (tertiary/aromatic N) is 5. The van der Waals surface area contributed by atoms with Gasteiger partial charge in [-0.15, -0.1) is 10.2 Å². The van der Waals surface area contributed by atoms with Crippen LogP contribution in [0.15, 0.2) is 57.5 Å². The van der Waals surface area contributed by atoms with Gasteiger partial charge in [0.1, 0.15) is 17.1 Å². The van der Waals surface area contributed by atoms with Crippen LogP contribution < -0.4 is 15.0 Å². The minimum absolute atomic E-state index is 0.103. The number of rotatable bonds is 8. The van der Waals surface area contributed by atoms with Crippen LogP contribution in [-0.4, -0.2) is 70.4 Å². The van der Waals surface area contributed by atoms with Crippen molar-refractivity contribution in [2.24, 2.45) is 0 Å². The number of nitrogens with one attached hydrogen (secondary N) is 1. The Morgan fingerprint density at radius 1 is 1.11 bits per heavy atom. The second-order valence-electron chi connectivity index (χ2n) is 7.90. The van der Waals surface area contributed by atoms with Crippen molar-refractivity contribution < 1.29 is 18.7 Å². The number of pyridine rings is 1. The van der Waals surface area contributed by atoms with Crippen molar-refractivity contribution in [2.45, 2.75) is 11.3 Å². The summed E-state index contributed by atoms with van der Waals surface area (Å²) in [7, 11) is 0. The first kappa shape index (κ1) is 24.1. The molecule has 4 heterocycles. The van der Waals surface area contributed by atoms with Crippen LogP contribution in [0.5, 0.6) is 5.75 Å². The van der Waals surface area contributed by atoms with Crippen molar-refractivity contribution >= 4 is 56.8 Å². The number of ether oxygens (including phenoxy) is 1. The van der Waals surface area contributed by atoms with Crippen LogP contribution in [0.25, 0.3) is 10.9 Å². The molecule has 0 aliphatic carbocycles. The number of aromatic nitrogens is 3. The first-order chi connectivity index (χ1) is 17.6. The molecule has 1 fully saturated rings. The molecule has 1 aromatic carbocycles. The Balaban J connectivity index is 1.23. The lowest BCUT2D eigenvalue weighted by Crippen LogP contribution is -2.49. The molecule has 3 aromatic heterocycles. The number of anilines is 2. The number of para-hydroxylation sites is 1. The molecule has 0 atom stereocenters. The maximum absolute atomic E-state index is 12.5. The Morgan fingerprint density at radius 3 is 2.75 bits per heavy atom. The number of piperazine rings is 1. The first-order valence-corrected chi connectivity index (χ1v) is 13.3. The fourth-order valence-electron chi connectivity index (χ4n) is 3.84. The van der Waals surface area contributed by atoms with E-state index in [1.165, 1.54) is 17.6 Å². The Kier molecular flexibility index (Phi) is 7.33. The topological polar surface area (TPSA) is 114 Å². The quantitative estimate of drug-likeness (QED) is 0.272. The summed E-state index contributed by atoms with van der Waals surface area (Å²) >= 11 is 2.91. The van der Waals surface area contributed by atoms with Gasteiger partial charge in [0.05, 0.1) is 6.26 Å². The number of carbonyl (C=O) groups excluding carboxylic acids is 2. The van der Waals surface area contributed by atoms with Crippen molar-refractivity contribution in [1.29, 1.82) is 0 Å². The summed E-state index contributed by atoms with van der Waals surface area (Å²) in [5.74, 6) is 2.14. The van der Waals surface area contributed by atoms with Crippen molar-refractivity contribution in [3.63, 3.8) is 0 Å². The molecule has 12 heteroatoms. The zero-order valence-corrected chi connectivity index (χ0v) is 21.2. The van der Waals surface area contributed by atoms with Crippen LogP contribution in [0.3, 0.4) is 0 Å². The maximum Gasteiger partial charge on any atom is 0.289 e. The third-order valence-corrected chi connectivity index (χ3v) is 7.42. The molecule has 0 radical (unpaired) electrons. The Labute approximate surface area is 215 Å². The zero-order valence-electron chi connectivity index (χ0n) is 19.5. The minimum atomic E-state index is -0.315. The first-order valence-electron chi connectivity index (χ1n) is 11.5. The number of thioether (sulfide) groups is 1. The highest BCUT2D eigenvalue weighted by Gasteiger charge is 2.24. The monoisotopic (exact) mass is 524 g/mol. The highest BCUT2D eigenvalue weighted by molar-refractivity contribution is 8.01. The van der Waals surface area contributed by atoms with E-state index in [-0.39, 0.29) is 18.4 Å². The zero-order chi connectivity index (χ0) is 24.9. The SMILES string of the molecule is CCSc1nnc(NC(=O)COc2cccc3ccc(N4CCN(C(=O)c5ccco5)CC4)nc23)s1. The molecule has 0 unspecified atom stereocenters. The second-order valence-corrected chi connectivity index (χ2v) is 10.4. The number of amides is 2. The van der Waals surface area contributed by atoms with Crippen LogP contribution in [0.1, 0.15) is 17.5 Å². The summed E-state index contributed by atoms with van der Waals surface area (Å²) in [6.07, 6.45) is 1.50. The van der Waals surface area contributed by atoms with Gasteiger partial charge in [0.15, 0.2) is 16.7 Å². The van der Waals surface area contributed by atoms with Crippen LogP contribution in [0.2, 0.25) is 0 Å². The standard InChI is InChI=1S/C24H24N6O4S2/c1-2-35-24-28-27-23(36-24)26-20(31)15-34-17-6-3-5-16-8-9-19(25-21(16)17)29-10-12-30(13-11-29)22(32)18-7-4-14-33-18/h3-9,14H,2,10-13,15H2,1H3,(H,26,27,31). The molecule has 10 nitrogen and oxygen atoms in total. The predicted molar refractivity (Wildman–Crippen MR) is 139 cm³/mol. The fraction of sp³-hybridized carbons (Fsp3) is 0.292. The lowest BCUT2D eigenvalue weighted by Gasteiger charge is -2.35. The minimum Gasteiger partial charge on any atom is -0.481 e. The molecule has 1 N–H and O–H groups in total. The third kappa shape index (κ3) is 5.44. The normalized spacial score (nSPS) is 13.7. The second kappa shape index (κ2) is 11.0. The number of fused-ring (bicyclic) bond motifs is 1. The predicted octanol–water partition coefficient (Wildman–Crippen LogP) is 3.77. The molecule has 36 heavy (non-hydrogen) atoms. The van der Waals surface area contributed by atoms with Gasteiger partial charge in [-0.2, -0.15) is 0 Å². The summed E-state index contributed by atoms with van der Waals surface area (Å²) in [6.45, 7) is 4.30. The molecule has 186 valence electrons. The number of furan rings is 1. The van der Waals surface area contributed by atoms with Gasteiger partial charge in [0.25, 0.3) is 11.8 Å². The highest BCUT2D eigenvalue weighted by Crippen LogP contribution is 2.28. The molecular weight excluding hydrogens is 500 g/mol. The van der Waals surface area contributed by atoms with Crippen molar-refractivity contribution in [3.8, 4) is 5.75 Å². The van der Waals surface area contributed by atoms with Gasteiger partial charge < -0.3 is 19.0 Å². The molecule has 1 aliphatic heterocycles. The number of hydrogen-bond donors (Lipinski definition) is 1. The number of benzene rings is 1. The summed E-state index contributed by atoms with van der Waals surface area (Å²) < 4.78 is 11.9. The molecule has 0 bridgehead atoms. The Morgan fingerprint density at radius 2 is 1.97 bits per heavy atom. The molecule has 1 saturated heterocycles. The van der Waals surface area contributed by atoms with Crippen molar-refractivity contribution in [2.75, 3.05) is 48.8 Å². The molecule has 4 aromatic rings. The van der Waals surface area contributed by atoms with Gasteiger partial charge in [-0.1, -0.05) is 42.2 Å². The largest absolute Gasteiger partial charge is 0.481 e. The summed E-state index contributed by atoms with van der Waals surface area (Å²) in [6, 6.07) is 13.0. The van der Waals surface area contributed by atoms with Gasteiger partial charge >= 0.3 is 0 Å². The molecule has 2 amide bonds. The summed E-state index contributed by atoms with van der Waals surface area (Å²) in [4.78, 5) is 33.7.